The molecular weight excluding hydrogens is 1500 g/mol. The highest BCUT2D eigenvalue weighted by atomic mass is 79.9. The summed E-state index contributed by atoms with van der Waals surface area (Å²) in [6.07, 6.45) is 6.67. The molecular formula is C47H39BBr4Cl4N16O7S4. The molecule has 0 saturated heterocycles. The van der Waals surface area contributed by atoms with Gasteiger partial charge in [0.05, 0.1) is 77.9 Å². The highest BCUT2D eigenvalue weighted by Crippen LogP contribution is 2.32. The maximum Gasteiger partial charge on any atom is 0.507 e. The highest BCUT2D eigenvalue weighted by molar-refractivity contribution is 9.11. The van der Waals surface area contributed by atoms with Crippen LogP contribution >= 0.6 is 157 Å². The number of amides is 2. The molecule has 83 heavy (non-hydrogen) atoms. The van der Waals surface area contributed by atoms with E-state index in [2.05, 4.69) is 109 Å². The summed E-state index contributed by atoms with van der Waals surface area (Å²) < 4.78 is 15.7. The van der Waals surface area contributed by atoms with E-state index >= 15 is 0 Å². The molecule has 11 rings (SSSR count). The van der Waals surface area contributed by atoms with E-state index in [-0.39, 0.29) is 34.4 Å². The molecule has 432 valence electrons. The molecule has 0 spiro atoms. The van der Waals surface area contributed by atoms with Gasteiger partial charge in [-0.3, -0.25) is 34.4 Å². The smallest absolute Gasteiger partial charge is 0.422 e. The maximum absolute atomic E-state index is 12.4. The lowest BCUT2D eigenvalue weighted by Crippen LogP contribution is -2.35. The number of halogens is 8. The summed E-state index contributed by atoms with van der Waals surface area (Å²) in [6, 6.07) is 23.7. The van der Waals surface area contributed by atoms with Gasteiger partial charge in [-0.15, -0.1) is 17.0 Å². The van der Waals surface area contributed by atoms with Crippen LogP contribution in [0.15, 0.2) is 130 Å². The van der Waals surface area contributed by atoms with Crippen molar-refractivity contribution in [3.63, 3.8) is 0 Å². The number of nitrogen functional groups attached to an aromatic ring is 2. The third kappa shape index (κ3) is 21.0. The lowest BCUT2D eigenvalue weighted by molar-refractivity contribution is 0.101. The van der Waals surface area contributed by atoms with E-state index < -0.39 is 12.4 Å². The minimum atomic E-state index is -1.57. The monoisotopic (exact) mass is 1530 g/mol. The van der Waals surface area contributed by atoms with E-state index in [9.17, 15) is 14.4 Å². The van der Waals surface area contributed by atoms with Gasteiger partial charge in [-0.25, -0.2) is 19.9 Å². The van der Waals surface area contributed by atoms with Crippen LogP contribution < -0.4 is 27.7 Å². The van der Waals surface area contributed by atoms with Gasteiger partial charge in [0.15, 0.2) is 20.5 Å². The Kier molecular flexibility index (Phi) is 27.0. The fourth-order valence-electron chi connectivity index (χ4n) is 5.98. The van der Waals surface area contributed by atoms with E-state index in [1.807, 2.05) is 13.1 Å². The Balaban J connectivity index is 0.000000195. The van der Waals surface area contributed by atoms with Crippen molar-refractivity contribution >= 4 is 207 Å². The fraction of sp³-hybridized carbons (Fsp3) is 0.0851. The van der Waals surface area contributed by atoms with Gasteiger partial charge in [0.25, 0.3) is 17.1 Å². The van der Waals surface area contributed by atoms with Gasteiger partial charge in [-0.1, -0.05) is 127 Å². The van der Waals surface area contributed by atoms with Crippen molar-refractivity contribution in [3.05, 3.63) is 165 Å². The molecule has 0 radical (unpaired) electrons. The number of carbonyl (C=O) groups excluding carboxylic acids is 3. The van der Waals surface area contributed by atoms with Crippen LogP contribution in [0.1, 0.15) is 42.9 Å². The Hall–Kier alpha value is -5.85. The van der Waals surface area contributed by atoms with Crippen LogP contribution in [0.4, 0.5) is 20.5 Å². The predicted octanol–water partition coefficient (Wildman–Crippen LogP) is 12.3. The zero-order valence-electron chi connectivity index (χ0n) is 42.6. The van der Waals surface area contributed by atoms with Gasteiger partial charge in [-0.2, -0.15) is 20.2 Å². The van der Waals surface area contributed by atoms with Crippen molar-refractivity contribution in [2.24, 2.45) is 14.1 Å². The Bertz CT molecular complexity index is 3840. The van der Waals surface area contributed by atoms with Crippen molar-refractivity contribution in [3.8, 4) is 33.6 Å². The number of anilines is 4. The average molecular weight is 1540 g/mol. The van der Waals surface area contributed by atoms with Gasteiger partial charge in [0, 0.05) is 34.1 Å². The van der Waals surface area contributed by atoms with Crippen LogP contribution in [0.5, 0.6) is 0 Å². The molecule has 3 aromatic carbocycles. The van der Waals surface area contributed by atoms with E-state index in [4.69, 9.17) is 77.0 Å². The van der Waals surface area contributed by atoms with Crippen molar-refractivity contribution in [1.29, 1.82) is 0 Å². The molecule has 0 aliphatic rings. The largest absolute Gasteiger partial charge is 0.507 e. The summed E-state index contributed by atoms with van der Waals surface area (Å²) in [5.74, 6) is 1.09. The summed E-state index contributed by atoms with van der Waals surface area (Å²) >= 11 is 38.0. The molecule has 2 amide bonds. The van der Waals surface area contributed by atoms with E-state index in [1.165, 1.54) is 56.1 Å². The van der Waals surface area contributed by atoms with Gasteiger partial charge < -0.3 is 30.6 Å². The standard InChI is InChI=1S/C17H13ClN6O2S.C10H6BrClN2OS.C7H9BN4O3.C7H4Cl2O.2C3H3BrN2S.BrH/c1-9-20-15(23-26-9)12-7-13(24(2)22-12)14-8-19-17(27-14)21-16(25)10-5-3-4-6-11(10)18;11-8-5-13-10(16-8)14-9(15)6-3-1-2-4-7(6)12;1-4-9-7(11-15-4)5-3-6(8(13)14)12(2)10-5;8-6-4-2-1-3-5(6)7(9)10;2*4-2-1-6-3(5)7-2;/h3-8H,1-2H3,(H,19,21,25);1-5H,(H,13,14,15);3,13-14H,1-2H3;1-4H;2*1H,(H2,5,6);1H. The fourth-order valence-corrected chi connectivity index (χ4v) is 10.8. The number of nitrogens with one attached hydrogen (secondary N) is 2. The topological polar surface area (TPSA) is 333 Å². The summed E-state index contributed by atoms with van der Waals surface area (Å²) in [7, 11) is 1.85. The van der Waals surface area contributed by atoms with Gasteiger partial charge in [0.2, 0.25) is 23.4 Å². The van der Waals surface area contributed by atoms with E-state index in [0.29, 0.717) is 87.1 Å². The summed E-state index contributed by atoms with van der Waals surface area (Å²) in [6.45, 7) is 3.39. The van der Waals surface area contributed by atoms with Crippen molar-refractivity contribution < 1.29 is 33.5 Å². The molecule has 0 bridgehead atoms. The second-order valence-corrected chi connectivity index (χ2v) is 25.3. The second-order valence-electron chi connectivity index (χ2n) is 15.4. The molecule has 0 fully saturated rings. The first-order valence-electron chi connectivity index (χ1n) is 22.5. The van der Waals surface area contributed by atoms with Crippen molar-refractivity contribution in [1.82, 2.24) is 59.8 Å². The Labute approximate surface area is 543 Å². The number of aromatic nitrogens is 12. The maximum atomic E-state index is 12.4. The Morgan fingerprint density at radius 1 is 0.602 bits per heavy atom. The van der Waals surface area contributed by atoms with Gasteiger partial charge >= 0.3 is 7.12 Å². The quantitative estimate of drug-likeness (QED) is 0.0577. The lowest BCUT2D eigenvalue weighted by Gasteiger charge is -2.03. The first-order valence-corrected chi connectivity index (χ1v) is 29.6. The van der Waals surface area contributed by atoms with E-state index in [0.717, 1.165) is 21.9 Å². The Morgan fingerprint density at radius 2 is 1.01 bits per heavy atom. The number of hydrogen-bond donors (Lipinski definition) is 6. The first kappa shape index (κ1) is 67.9. The van der Waals surface area contributed by atoms with Crippen molar-refractivity contribution in [2.75, 3.05) is 22.1 Å². The minimum Gasteiger partial charge on any atom is -0.422 e. The summed E-state index contributed by atoms with van der Waals surface area (Å²) in [5.41, 5.74) is 13.8. The zero-order chi connectivity index (χ0) is 59.6. The van der Waals surface area contributed by atoms with Gasteiger partial charge in [0.1, 0.15) is 11.4 Å². The number of benzene rings is 3. The zero-order valence-corrected chi connectivity index (χ0v) is 55.4. The van der Waals surface area contributed by atoms with Gasteiger partial charge in [-0.05, 0) is 108 Å². The number of rotatable bonds is 9. The van der Waals surface area contributed by atoms with E-state index in [1.54, 1.807) is 123 Å². The number of aryl methyl sites for hydroxylation is 4. The number of hydrogen-bond acceptors (Lipinski definition) is 23. The molecule has 11 aromatic rings. The molecule has 8 heterocycles. The molecule has 36 heteroatoms. The molecule has 0 atom stereocenters. The molecule has 8 aromatic heterocycles. The lowest BCUT2D eigenvalue weighted by atomic mass is 9.86. The average Bonchev–Trinajstić information content (AvgIpc) is 4.38. The predicted molar refractivity (Wildman–Crippen MR) is 342 cm³/mol. The molecule has 0 aliphatic carbocycles. The van der Waals surface area contributed by atoms with Crippen LogP contribution in [-0.4, -0.2) is 94.0 Å². The van der Waals surface area contributed by atoms with Crippen LogP contribution in [0.3, 0.4) is 0 Å². The van der Waals surface area contributed by atoms with Crippen LogP contribution in [0.2, 0.25) is 15.1 Å². The number of carbonyl (C=O) groups is 3. The molecule has 23 nitrogen and oxygen atoms in total. The number of thiazole rings is 4. The third-order valence-electron chi connectivity index (χ3n) is 9.56. The van der Waals surface area contributed by atoms with Crippen molar-refractivity contribution in [2.45, 2.75) is 13.8 Å². The third-order valence-corrected chi connectivity index (χ3v) is 15.7. The molecule has 0 saturated carbocycles. The number of nitrogens with zero attached hydrogens (tertiary/aromatic N) is 12. The minimum absolute atomic E-state index is 0. The summed E-state index contributed by atoms with van der Waals surface area (Å²) in [5, 5.41) is 42.3. The van der Waals surface area contributed by atoms with Crippen LogP contribution in [-0.2, 0) is 14.1 Å². The second kappa shape index (κ2) is 33.0. The first-order chi connectivity index (χ1) is 39.0. The van der Waals surface area contributed by atoms with Crippen LogP contribution in [0, 0.1) is 13.8 Å². The highest BCUT2D eigenvalue weighted by Gasteiger charge is 2.21. The number of nitrogens with two attached hydrogens (primary N) is 2. The molecule has 8 N–H and O–H groups in total. The molecule has 0 unspecified atom stereocenters. The molecule has 0 aliphatic heterocycles. The Morgan fingerprint density at radius 3 is 1.36 bits per heavy atom. The summed E-state index contributed by atoms with van der Waals surface area (Å²) in [4.78, 5) is 59.5. The SMILES string of the molecule is Br.Cc1nc(-c2cc(-c3cnc(NC(=O)c4ccccc4Cl)s3)n(C)n2)no1.Cc1nc(-c2cc(B(O)O)n(C)n2)no1.Nc1ncc(Br)s1.Nc1ncc(Br)s1.O=C(Cl)c1ccccc1Cl.O=C(Nc1ncc(Br)s1)c1ccccc1Cl. The normalized spacial score (nSPS) is 10.1. The van der Waals surface area contributed by atoms with Crippen LogP contribution in [0.25, 0.3) is 33.6 Å².